The minimum atomic E-state index is -0.406. The van der Waals surface area contributed by atoms with Gasteiger partial charge < -0.3 is 0 Å². The van der Waals surface area contributed by atoms with E-state index in [9.17, 15) is 4.39 Å². The van der Waals surface area contributed by atoms with Gasteiger partial charge in [-0.3, -0.25) is 0 Å². The van der Waals surface area contributed by atoms with E-state index in [4.69, 9.17) is 0 Å². The van der Waals surface area contributed by atoms with Crippen molar-refractivity contribution in [2.24, 2.45) is 0 Å². The number of halogens is 2. The highest BCUT2D eigenvalue weighted by Crippen LogP contribution is 2.21. The predicted octanol–water partition coefficient (Wildman–Crippen LogP) is 2.14. The van der Waals surface area contributed by atoms with Crippen molar-refractivity contribution in [1.29, 1.82) is 0 Å². The Balaban J connectivity index is 2.49. The van der Waals surface area contributed by atoms with Crippen molar-refractivity contribution in [3.05, 3.63) is 34.3 Å². The lowest BCUT2D eigenvalue weighted by molar-refractivity contribution is 0.627. The second kappa shape index (κ2) is 3.98. The molecule has 0 N–H and O–H groups in total. The molecule has 0 bridgehead atoms. The van der Waals surface area contributed by atoms with Gasteiger partial charge in [0.15, 0.2) is 5.82 Å². The molecule has 2 aromatic rings. The number of benzene rings is 1. The Labute approximate surface area is 93.7 Å². The number of aromatic nitrogens is 4. The average molecular weight is 269 g/mol. The first-order valence-electron chi connectivity index (χ1n) is 4.16. The highest BCUT2D eigenvalue weighted by molar-refractivity contribution is 9.10. The van der Waals surface area contributed by atoms with Crippen LogP contribution in [0.3, 0.4) is 0 Å². The Morgan fingerprint density at radius 1 is 1.13 bits per heavy atom. The molecule has 0 atom stereocenters. The van der Waals surface area contributed by atoms with E-state index < -0.39 is 5.82 Å². The van der Waals surface area contributed by atoms with Gasteiger partial charge in [-0.25, -0.2) is 4.39 Å². The summed E-state index contributed by atoms with van der Waals surface area (Å²) in [6.07, 6.45) is 0. The van der Waals surface area contributed by atoms with E-state index in [2.05, 4.69) is 36.3 Å². The Hall–Kier alpha value is -1.43. The molecule has 0 saturated carbocycles. The third kappa shape index (κ3) is 2.15. The smallest absolute Gasteiger partial charge is 0.206 e. The molecule has 6 heteroatoms. The third-order valence-electron chi connectivity index (χ3n) is 1.75. The molecule has 0 amide bonds. The van der Waals surface area contributed by atoms with Crippen LogP contribution < -0.4 is 0 Å². The summed E-state index contributed by atoms with van der Waals surface area (Å²) in [5.74, 6) is 0.235. The van der Waals surface area contributed by atoms with Gasteiger partial charge >= 0.3 is 0 Å². The van der Waals surface area contributed by atoms with Crippen molar-refractivity contribution in [2.75, 3.05) is 0 Å². The zero-order valence-electron chi connectivity index (χ0n) is 7.78. The van der Waals surface area contributed by atoms with Crippen LogP contribution in [0.4, 0.5) is 4.39 Å². The van der Waals surface area contributed by atoms with Crippen molar-refractivity contribution in [3.63, 3.8) is 0 Å². The second-order valence-corrected chi connectivity index (χ2v) is 3.81. The first-order valence-corrected chi connectivity index (χ1v) is 4.95. The summed E-state index contributed by atoms with van der Waals surface area (Å²) in [5, 5.41) is 15.0. The van der Waals surface area contributed by atoms with Crippen LogP contribution in [0.15, 0.2) is 22.7 Å². The fourth-order valence-corrected chi connectivity index (χ4v) is 1.39. The van der Waals surface area contributed by atoms with Crippen LogP contribution in [0.1, 0.15) is 5.82 Å². The Morgan fingerprint density at radius 2 is 1.80 bits per heavy atom. The summed E-state index contributed by atoms with van der Waals surface area (Å²) in [6.45, 7) is 1.67. The van der Waals surface area contributed by atoms with Crippen molar-refractivity contribution in [1.82, 2.24) is 20.4 Å². The molecular weight excluding hydrogens is 263 g/mol. The number of hydrogen-bond acceptors (Lipinski definition) is 4. The molecule has 2 rings (SSSR count). The molecule has 1 aromatic carbocycles. The fraction of sp³-hybridized carbons (Fsp3) is 0.111. The van der Waals surface area contributed by atoms with Gasteiger partial charge in [-0.15, -0.1) is 20.4 Å². The quantitative estimate of drug-likeness (QED) is 0.795. The summed E-state index contributed by atoms with van der Waals surface area (Å²) in [4.78, 5) is 0. The summed E-state index contributed by atoms with van der Waals surface area (Å²) < 4.78 is 14.1. The SMILES string of the molecule is Cc1nnc(-c2ccc(Br)cc2F)nn1. The Kier molecular flexibility index (Phi) is 2.68. The van der Waals surface area contributed by atoms with Gasteiger partial charge in [-0.1, -0.05) is 15.9 Å². The molecular formula is C9H6BrFN4. The summed E-state index contributed by atoms with van der Waals surface area (Å²) in [6, 6.07) is 4.63. The number of nitrogens with zero attached hydrogens (tertiary/aromatic N) is 4. The summed E-state index contributed by atoms with van der Waals surface area (Å²) >= 11 is 3.17. The van der Waals surface area contributed by atoms with Crippen LogP contribution in [0.5, 0.6) is 0 Å². The molecule has 1 aromatic heterocycles. The average Bonchev–Trinajstić information content (AvgIpc) is 2.20. The highest BCUT2D eigenvalue weighted by atomic mass is 79.9. The van der Waals surface area contributed by atoms with Crippen LogP contribution in [-0.2, 0) is 0 Å². The van der Waals surface area contributed by atoms with Crippen molar-refractivity contribution in [3.8, 4) is 11.4 Å². The molecule has 1 heterocycles. The summed E-state index contributed by atoms with van der Waals surface area (Å²) in [7, 11) is 0. The van der Waals surface area contributed by atoms with Crippen LogP contribution in [0, 0.1) is 12.7 Å². The number of aryl methyl sites for hydroxylation is 1. The van der Waals surface area contributed by atoms with Gasteiger partial charge in [0.05, 0.1) is 5.56 Å². The van der Waals surface area contributed by atoms with Gasteiger partial charge in [0.1, 0.15) is 5.82 Å². The normalized spacial score (nSPS) is 10.3. The molecule has 0 radical (unpaired) electrons. The molecule has 0 spiro atoms. The van der Waals surface area contributed by atoms with Gasteiger partial charge in [0, 0.05) is 4.47 Å². The lowest BCUT2D eigenvalue weighted by Crippen LogP contribution is -1.99. The van der Waals surface area contributed by atoms with E-state index in [1.165, 1.54) is 6.07 Å². The molecule has 0 saturated heterocycles. The molecule has 0 aliphatic rings. The molecule has 15 heavy (non-hydrogen) atoms. The maximum atomic E-state index is 13.5. The van der Waals surface area contributed by atoms with E-state index >= 15 is 0 Å². The minimum absolute atomic E-state index is 0.186. The van der Waals surface area contributed by atoms with Crippen LogP contribution in [-0.4, -0.2) is 20.4 Å². The Bertz CT molecular complexity index is 486. The van der Waals surface area contributed by atoms with Crippen LogP contribution in [0.25, 0.3) is 11.4 Å². The van der Waals surface area contributed by atoms with E-state index in [-0.39, 0.29) is 5.82 Å². The van der Waals surface area contributed by atoms with Gasteiger partial charge in [0.25, 0.3) is 0 Å². The lowest BCUT2D eigenvalue weighted by atomic mass is 10.2. The number of rotatable bonds is 1. The highest BCUT2D eigenvalue weighted by Gasteiger charge is 2.09. The van der Waals surface area contributed by atoms with Gasteiger partial charge in [0.2, 0.25) is 5.82 Å². The van der Waals surface area contributed by atoms with Gasteiger partial charge in [-0.2, -0.15) is 0 Å². The first-order chi connectivity index (χ1) is 7.16. The monoisotopic (exact) mass is 268 g/mol. The van der Waals surface area contributed by atoms with Crippen LogP contribution >= 0.6 is 15.9 Å². The second-order valence-electron chi connectivity index (χ2n) is 2.89. The molecule has 0 aliphatic carbocycles. The predicted molar refractivity (Wildman–Crippen MR) is 55.5 cm³/mol. The zero-order valence-corrected chi connectivity index (χ0v) is 9.36. The van der Waals surface area contributed by atoms with Crippen molar-refractivity contribution < 1.29 is 4.39 Å². The van der Waals surface area contributed by atoms with E-state index in [0.717, 1.165) is 0 Å². The molecule has 4 nitrogen and oxygen atoms in total. The largest absolute Gasteiger partial charge is 0.206 e. The van der Waals surface area contributed by atoms with Gasteiger partial charge in [-0.05, 0) is 25.1 Å². The molecule has 0 fully saturated rings. The first kappa shape index (κ1) is 10.1. The molecule has 76 valence electrons. The maximum Gasteiger partial charge on any atom is 0.206 e. The van der Waals surface area contributed by atoms with Crippen molar-refractivity contribution in [2.45, 2.75) is 6.92 Å². The number of hydrogen-bond donors (Lipinski definition) is 0. The fourth-order valence-electron chi connectivity index (χ4n) is 1.06. The lowest BCUT2D eigenvalue weighted by Gasteiger charge is -2.00. The van der Waals surface area contributed by atoms with E-state index in [1.807, 2.05) is 0 Å². The standard InChI is InChI=1S/C9H6BrFN4/c1-5-12-14-9(15-13-5)7-3-2-6(10)4-8(7)11/h2-4H,1H3. The molecule has 0 unspecified atom stereocenters. The van der Waals surface area contributed by atoms with Crippen LogP contribution in [0.2, 0.25) is 0 Å². The van der Waals surface area contributed by atoms with E-state index in [0.29, 0.717) is 15.9 Å². The van der Waals surface area contributed by atoms with Crippen molar-refractivity contribution >= 4 is 15.9 Å². The summed E-state index contributed by atoms with van der Waals surface area (Å²) in [5.41, 5.74) is 0.290. The maximum absolute atomic E-state index is 13.5. The third-order valence-corrected chi connectivity index (χ3v) is 2.24. The zero-order chi connectivity index (χ0) is 10.8. The topological polar surface area (TPSA) is 51.6 Å². The minimum Gasteiger partial charge on any atom is -0.206 e. The molecule has 0 aliphatic heterocycles. The Morgan fingerprint density at radius 3 is 2.40 bits per heavy atom. The van der Waals surface area contributed by atoms with E-state index in [1.54, 1.807) is 19.1 Å².